The largest absolute Gasteiger partial charge is 0.447 e. The smallest absolute Gasteiger partial charge is 0.270 e. The molecule has 2 saturated heterocycles. The van der Waals surface area contributed by atoms with Gasteiger partial charge >= 0.3 is 0 Å². The average molecular weight is 489 g/mol. The Labute approximate surface area is 213 Å². The molecule has 2 aliphatic heterocycles. The highest BCUT2D eigenvalue weighted by molar-refractivity contribution is 5.92. The molecule has 1 aromatic carbocycles. The third kappa shape index (κ3) is 6.12. The molecule has 0 unspecified atom stereocenters. The summed E-state index contributed by atoms with van der Waals surface area (Å²) in [4.78, 5) is 28.9. The number of aromatic nitrogens is 2. The van der Waals surface area contributed by atoms with E-state index in [2.05, 4.69) is 61.2 Å². The molecule has 8 nitrogen and oxygen atoms in total. The van der Waals surface area contributed by atoms with Crippen LogP contribution in [0.3, 0.4) is 0 Å². The standard InChI is InChI=1S/C28H36N6O2/c1-22-6-2-3-7-23(22)21-32-15-10-24(11-16-32)33-13-5-14-34(18-17-33)26-9-4-8-25(31-26)28(35)30-20-27-29-12-19-36-27/h2-4,6-9,12,19,24H,5,10-11,13-18,20-21H2,1H3,(H,30,35). The number of rotatable bonds is 7. The van der Waals surface area contributed by atoms with Crippen LogP contribution in [0.5, 0.6) is 0 Å². The van der Waals surface area contributed by atoms with E-state index in [0.717, 1.165) is 58.1 Å². The molecule has 4 heterocycles. The summed E-state index contributed by atoms with van der Waals surface area (Å²) in [5.41, 5.74) is 3.25. The molecule has 0 radical (unpaired) electrons. The zero-order chi connectivity index (χ0) is 24.7. The van der Waals surface area contributed by atoms with Crippen LogP contribution in [-0.2, 0) is 13.1 Å². The Bertz CT molecular complexity index is 1130. The van der Waals surface area contributed by atoms with Crippen molar-refractivity contribution in [1.82, 2.24) is 25.1 Å². The number of anilines is 1. The van der Waals surface area contributed by atoms with Gasteiger partial charge in [-0.05, 0) is 62.5 Å². The highest BCUT2D eigenvalue weighted by Gasteiger charge is 2.27. The minimum Gasteiger partial charge on any atom is -0.447 e. The van der Waals surface area contributed by atoms with Gasteiger partial charge < -0.3 is 14.6 Å². The summed E-state index contributed by atoms with van der Waals surface area (Å²) in [6, 6.07) is 15.1. The monoisotopic (exact) mass is 488 g/mol. The fraction of sp³-hybridized carbons (Fsp3) is 0.464. The van der Waals surface area contributed by atoms with Crippen LogP contribution in [0.25, 0.3) is 0 Å². The van der Waals surface area contributed by atoms with E-state index in [-0.39, 0.29) is 12.5 Å². The van der Waals surface area contributed by atoms with Gasteiger partial charge in [-0.25, -0.2) is 9.97 Å². The van der Waals surface area contributed by atoms with Gasteiger partial charge in [-0.1, -0.05) is 30.3 Å². The van der Waals surface area contributed by atoms with Crippen molar-refractivity contribution in [3.8, 4) is 0 Å². The van der Waals surface area contributed by atoms with E-state index in [1.165, 1.54) is 30.2 Å². The molecule has 2 aliphatic rings. The molecule has 5 rings (SSSR count). The summed E-state index contributed by atoms with van der Waals surface area (Å²) in [6.07, 6.45) is 6.62. The van der Waals surface area contributed by atoms with E-state index >= 15 is 0 Å². The molecule has 0 aliphatic carbocycles. The second-order valence-electron chi connectivity index (χ2n) is 9.80. The quantitative estimate of drug-likeness (QED) is 0.546. The first-order valence-electron chi connectivity index (χ1n) is 13.1. The highest BCUT2D eigenvalue weighted by atomic mass is 16.3. The van der Waals surface area contributed by atoms with E-state index < -0.39 is 0 Å². The van der Waals surface area contributed by atoms with Crippen LogP contribution in [0.2, 0.25) is 0 Å². The molecule has 1 amide bonds. The first-order valence-corrected chi connectivity index (χ1v) is 13.1. The van der Waals surface area contributed by atoms with Crippen molar-refractivity contribution < 1.29 is 9.21 Å². The van der Waals surface area contributed by atoms with E-state index in [9.17, 15) is 4.79 Å². The van der Waals surface area contributed by atoms with E-state index in [4.69, 9.17) is 4.42 Å². The van der Waals surface area contributed by atoms with Crippen LogP contribution in [0, 0.1) is 6.92 Å². The van der Waals surface area contributed by atoms with Gasteiger partial charge in [0.05, 0.1) is 12.7 Å². The van der Waals surface area contributed by atoms with Gasteiger partial charge in [0.25, 0.3) is 5.91 Å². The Morgan fingerprint density at radius 2 is 1.89 bits per heavy atom. The lowest BCUT2D eigenvalue weighted by molar-refractivity contribution is 0.0942. The van der Waals surface area contributed by atoms with Gasteiger partial charge in [0.15, 0.2) is 0 Å². The molecule has 0 spiro atoms. The van der Waals surface area contributed by atoms with Crippen LogP contribution in [0.1, 0.15) is 46.8 Å². The van der Waals surface area contributed by atoms with Crippen molar-refractivity contribution in [2.75, 3.05) is 44.2 Å². The number of carbonyl (C=O) groups is 1. The fourth-order valence-electron chi connectivity index (χ4n) is 5.32. The Balaban J connectivity index is 1.12. The summed E-state index contributed by atoms with van der Waals surface area (Å²) < 4.78 is 5.19. The molecule has 2 fully saturated rings. The van der Waals surface area contributed by atoms with E-state index in [1.54, 1.807) is 12.3 Å². The Hall–Kier alpha value is -3.23. The van der Waals surface area contributed by atoms with Crippen molar-refractivity contribution in [1.29, 1.82) is 0 Å². The lowest BCUT2D eigenvalue weighted by Crippen LogP contribution is -2.46. The highest BCUT2D eigenvalue weighted by Crippen LogP contribution is 2.22. The molecule has 0 atom stereocenters. The molecule has 0 saturated carbocycles. The predicted octanol–water partition coefficient (Wildman–Crippen LogP) is 3.48. The number of nitrogens with zero attached hydrogens (tertiary/aromatic N) is 5. The maximum Gasteiger partial charge on any atom is 0.270 e. The molecular weight excluding hydrogens is 452 g/mol. The molecule has 3 aromatic rings. The van der Waals surface area contributed by atoms with Gasteiger partial charge in [0.2, 0.25) is 5.89 Å². The number of aryl methyl sites for hydroxylation is 1. The second-order valence-corrected chi connectivity index (χ2v) is 9.80. The number of pyridine rings is 1. The van der Waals surface area contributed by atoms with Gasteiger partial charge in [-0.3, -0.25) is 14.6 Å². The first kappa shape index (κ1) is 24.5. The second kappa shape index (κ2) is 11.7. The number of amides is 1. The van der Waals surface area contributed by atoms with Crippen LogP contribution in [-0.4, -0.2) is 71.0 Å². The molecule has 190 valence electrons. The summed E-state index contributed by atoms with van der Waals surface area (Å²) >= 11 is 0. The Morgan fingerprint density at radius 1 is 1.03 bits per heavy atom. The Morgan fingerprint density at radius 3 is 2.69 bits per heavy atom. The van der Waals surface area contributed by atoms with Gasteiger partial charge in [0.1, 0.15) is 17.8 Å². The summed E-state index contributed by atoms with van der Waals surface area (Å²) in [7, 11) is 0. The maximum atomic E-state index is 12.6. The number of benzene rings is 1. The minimum atomic E-state index is -0.219. The van der Waals surface area contributed by atoms with Crippen LogP contribution >= 0.6 is 0 Å². The zero-order valence-electron chi connectivity index (χ0n) is 21.1. The lowest BCUT2D eigenvalue weighted by atomic mass is 10.0. The summed E-state index contributed by atoms with van der Waals surface area (Å²) in [5, 5.41) is 2.83. The fourth-order valence-corrected chi connectivity index (χ4v) is 5.32. The van der Waals surface area contributed by atoms with Crippen molar-refractivity contribution in [3.63, 3.8) is 0 Å². The molecule has 8 heteroatoms. The number of oxazole rings is 1. The topological polar surface area (TPSA) is 77.7 Å². The van der Waals surface area contributed by atoms with Crippen molar-refractivity contribution in [3.05, 3.63) is 77.6 Å². The third-order valence-electron chi connectivity index (χ3n) is 7.43. The molecule has 2 aromatic heterocycles. The number of carbonyl (C=O) groups excluding carboxylic acids is 1. The van der Waals surface area contributed by atoms with Crippen LogP contribution in [0.15, 0.2) is 59.3 Å². The number of hydrogen-bond donors (Lipinski definition) is 1. The lowest BCUT2D eigenvalue weighted by Gasteiger charge is -2.38. The minimum absolute atomic E-state index is 0.219. The van der Waals surface area contributed by atoms with Gasteiger partial charge in [0, 0.05) is 38.8 Å². The average Bonchev–Trinajstić information content (AvgIpc) is 3.32. The third-order valence-corrected chi connectivity index (χ3v) is 7.43. The zero-order valence-corrected chi connectivity index (χ0v) is 21.1. The molecular formula is C28H36N6O2. The number of piperidine rings is 1. The number of likely N-dealkylation sites (tertiary alicyclic amines) is 1. The van der Waals surface area contributed by atoms with Crippen molar-refractivity contribution in [2.45, 2.75) is 45.3 Å². The molecule has 1 N–H and O–H groups in total. The predicted molar refractivity (Wildman–Crippen MR) is 140 cm³/mol. The van der Waals surface area contributed by atoms with Gasteiger partial charge in [-0.2, -0.15) is 0 Å². The van der Waals surface area contributed by atoms with Gasteiger partial charge in [-0.15, -0.1) is 0 Å². The van der Waals surface area contributed by atoms with E-state index in [0.29, 0.717) is 17.6 Å². The van der Waals surface area contributed by atoms with Crippen molar-refractivity contribution in [2.24, 2.45) is 0 Å². The number of hydrogen-bond acceptors (Lipinski definition) is 7. The van der Waals surface area contributed by atoms with Crippen LogP contribution < -0.4 is 10.2 Å². The van der Waals surface area contributed by atoms with Crippen molar-refractivity contribution >= 4 is 11.7 Å². The Kier molecular flexibility index (Phi) is 7.93. The molecule has 36 heavy (non-hydrogen) atoms. The molecule has 0 bridgehead atoms. The maximum absolute atomic E-state index is 12.6. The summed E-state index contributed by atoms with van der Waals surface area (Å²) in [6.45, 7) is 9.87. The van der Waals surface area contributed by atoms with Crippen LogP contribution in [0.4, 0.5) is 5.82 Å². The SMILES string of the molecule is Cc1ccccc1CN1CCC(N2CCCN(c3cccc(C(=O)NCc4ncco4)n3)CC2)CC1. The summed E-state index contributed by atoms with van der Waals surface area (Å²) in [5.74, 6) is 1.13. The number of nitrogens with one attached hydrogen (secondary N) is 1. The normalized spacial score (nSPS) is 18.2. The van der Waals surface area contributed by atoms with E-state index in [1.807, 2.05) is 12.1 Å². The first-order chi connectivity index (χ1) is 17.7.